The van der Waals surface area contributed by atoms with Crippen LogP contribution < -0.4 is 16.0 Å². The largest absolute Gasteiger partial charge is 0.361 e. The van der Waals surface area contributed by atoms with Crippen molar-refractivity contribution in [3.05, 3.63) is 18.5 Å². The number of carbonyl (C=O) groups excluding carboxylic acids is 1. The first-order chi connectivity index (χ1) is 13.8. The maximum atomic E-state index is 12.4. The van der Waals surface area contributed by atoms with Gasteiger partial charge in [0.2, 0.25) is 0 Å². The van der Waals surface area contributed by atoms with Gasteiger partial charge in [-0.2, -0.15) is 0 Å². The van der Waals surface area contributed by atoms with Crippen LogP contribution in [0.2, 0.25) is 25.7 Å². The molecule has 1 fully saturated rings. The van der Waals surface area contributed by atoms with E-state index in [9.17, 15) is 4.79 Å². The zero-order valence-electron chi connectivity index (χ0n) is 18.0. The molecule has 3 rings (SSSR count). The number of hydrogen-bond acceptors (Lipinski definition) is 5. The highest BCUT2D eigenvalue weighted by Crippen LogP contribution is 2.16. The van der Waals surface area contributed by atoms with Gasteiger partial charge in [0, 0.05) is 26.9 Å². The summed E-state index contributed by atoms with van der Waals surface area (Å²) in [6.45, 7) is 12.3. The van der Waals surface area contributed by atoms with Gasteiger partial charge in [-0.1, -0.05) is 26.6 Å². The zero-order valence-corrected chi connectivity index (χ0v) is 19.0. The molecule has 1 saturated heterocycles. The van der Waals surface area contributed by atoms with Crippen molar-refractivity contribution in [2.45, 2.75) is 58.2 Å². The predicted molar refractivity (Wildman–Crippen MR) is 119 cm³/mol. The van der Waals surface area contributed by atoms with Crippen molar-refractivity contribution in [3.8, 4) is 0 Å². The van der Waals surface area contributed by atoms with E-state index in [1.807, 2.05) is 16.8 Å². The number of rotatable bonds is 7. The van der Waals surface area contributed by atoms with Gasteiger partial charge >= 0.3 is 6.03 Å². The number of aromatic nitrogens is 3. The van der Waals surface area contributed by atoms with Gasteiger partial charge in [0.25, 0.3) is 0 Å². The second kappa shape index (κ2) is 9.68. The minimum Gasteiger partial charge on any atom is -0.361 e. The summed E-state index contributed by atoms with van der Waals surface area (Å²) in [4.78, 5) is 21.4. The van der Waals surface area contributed by atoms with E-state index in [1.54, 1.807) is 6.20 Å². The molecule has 1 aliphatic heterocycles. The molecule has 3 N–H and O–H groups in total. The van der Waals surface area contributed by atoms with E-state index >= 15 is 0 Å². The zero-order chi connectivity index (χ0) is 20.9. The van der Waals surface area contributed by atoms with Crippen LogP contribution in [0, 0.1) is 5.92 Å². The third-order valence-corrected chi connectivity index (χ3v) is 7.05. The maximum absolute atomic E-state index is 12.4. The SMILES string of the molecule is CC1CCNCCC1NC(=O)Nc1cnc2c(ccn2COCC[Si](C)(C)C)n1. The standard InChI is InChI=1S/C20H34N6O2Si/c1-15-5-8-21-9-6-16(15)24-20(27)25-18-13-22-19-17(23-18)7-10-26(19)14-28-11-12-29(2,3)4/h7,10,13,15-16,21H,5-6,8-9,11-12,14H2,1-4H3,(H2,23,24,25,27). The molecule has 0 bridgehead atoms. The number of amides is 2. The highest BCUT2D eigenvalue weighted by atomic mass is 28.3. The fraction of sp³-hybridized carbons (Fsp3) is 0.650. The summed E-state index contributed by atoms with van der Waals surface area (Å²) < 4.78 is 7.75. The fourth-order valence-corrected chi connectivity index (χ4v) is 4.16. The second-order valence-electron chi connectivity index (χ2n) is 9.11. The van der Waals surface area contributed by atoms with Crippen LogP contribution in [0.1, 0.15) is 19.8 Å². The molecule has 0 saturated carbocycles. The van der Waals surface area contributed by atoms with Gasteiger partial charge in [-0.15, -0.1) is 0 Å². The van der Waals surface area contributed by atoms with Crippen LogP contribution in [0.5, 0.6) is 0 Å². The summed E-state index contributed by atoms with van der Waals surface area (Å²) in [5, 5.41) is 9.27. The summed E-state index contributed by atoms with van der Waals surface area (Å²) in [6, 6.07) is 2.96. The molecular formula is C20H34N6O2Si. The van der Waals surface area contributed by atoms with E-state index in [0.29, 0.717) is 18.5 Å². The first-order valence-corrected chi connectivity index (χ1v) is 14.2. The monoisotopic (exact) mass is 418 g/mol. The normalized spacial score (nSPS) is 20.4. The number of nitrogens with one attached hydrogen (secondary N) is 3. The Bertz CT molecular complexity index is 819. The first kappa shape index (κ1) is 21.7. The van der Waals surface area contributed by atoms with E-state index < -0.39 is 8.07 Å². The van der Waals surface area contributed by atoms with Gasteiger partial charge in [-0.3, -0.25) is 5.32 Å². The van der Waals surface area contributed by atoms with E-state index in [2.05, 4.69) is 52.5 Å². The highest BCUT2D eigenvalue weighted by Gasteiger charge is 2.21. The molecule has 8 nitrogen and oxygen atoms in total. The Morgan fingerprint density at radius 1 is 1.34 bits per heavy atom. The lowest BCUT2D eigenvalue weighted by atomic mass is 9.97. The van der Waals surface area contributed by atoms with Crippen molar-refractivity contribution < 1.29 is 9.53 Å². The number of fused-ring (bicyclic) bond motifs is 1. The Labute approximate surface area is 173 Å². The summed E-state index contributed by atoms with van der Waals surface area (Å²) in [5.74, 6) is 0.895. The molecule has 29 heavy (non-hydrogen) atoms. The Balaban J connectivity index is 1.55. The van der Waals surface area contributed by atoms with Crippen molar-refractivity contribution in [1.29, 1.82) is 0 Å². The van der Waals surface area contributed by atoms with Crippen molar-refractivity contribution in [2.24, 2.45) is 5.92 Å². The van der Waals surface area contributed by atoms with Gasteiger partial charge in [0.05, 0.1) is 6.20 Å². The molecule has 3 heterocycles. The van der Waals surface area contributed by atoms with Gasteiger partial charge in [0.15, 0.2) is 11.5 Å². The third kappa shape index (κ3) is 6.51. The van der Waals surface area contributed by atoms with E-state index in [1.165, 1.54) is 0 Å². The van der Waals surface area contributed by atoms with Gasteiger partial charge in [-0.05, 0) is 44.0 Å². The number of ether oxygens (including phenoxy) is 1. The molecule has 0 radical (unpaired) electrons. The van der Waals surface area contributed by atoms with E-state index in [-0.39, 0.29) is 12.1 Å². The lowest BCUT2D eigenvalue weighted by Crippen LogP contribution is -2.42. The first-order valence-electron chi connectivity index (χ1n) is 10.5. The third-order valence-electron chi connectivity index (χ3n) is 5.34. The van der Waals surface area contributed by atoms with Gasteiger partial charge in [-0.25, -0.2) is 14.8 Å². The maximum Gasteiger partial charge on any atom is 0.320 e. The number of carbonyl (C=O) groups is 1. The lowest BCUT2D eigenvalue weighted by molar-refractivity contribution is 0.0899. The van der Waals surface area contributed by atoms with E-state index in [0.717, 1.165) is 49.7 Å². The summed E-state index contributed by atoms with van der Waals surface area (Å²) in [7, 11) is -1.09. The van der Waals surface area contributed by atoms with Crippen molar-refractivity contribution in [1.82, 2.24) is 25.2 Å². The van der Waals surface area contributed by atoms with Crippen molar-refractivity contribution in [2.75, 3.05) is 25.0 Å². The summed E-state index contributed by atoms with van der Waals surface area (Å²) in [5.41, 5.74) is 1.50. The quantitative estimate of drug-likeness (QED) is 0.474. The minimum absolute atomic E-state index is 0.163. The summed E-state index contributed by atoms with van der Waals surface area (Å²) >= 11 is 0. The number of hydrogen-bond donors (Lipinski definition) is 3. The molecule has 2 unspecified atom stereocenters. The number of anilines is 1. The van der Waals surface area contributed by atoms with Crippen LogP contribution in [0.25, 0.3) is 11.2 Å². The average Bonchev–Trinajstić information content (AvgIpc) is 2.94. The second-order valence-corrected chi connectivity index (χ2v) is 14.7. The Hall–Kier alpha value is -1.97. The molecule has 2 amide bonds. The smallest absolute Gasteiger partial charge is 0.320 e. The predicted octanol–water partition coefficient (Wildman–Crippen LogP) is 3.25. The molecule has 2 aromatic rings. The molecule has 160 valence electrons. The van der Waals surface area contributed by atoms with Crippen LogP contribution in [-0.4, -0.2) is 54.4 Å². The molecule has 2 aromatic heterocycles. The van der Waals surface area contributed by atoms with Crippen LogP contribution >= 0.6 is 0 Å². The highest BCUT2D eigenvalue weighted by molar-refractivity contribution is 6.76. The van der Waals surface area contributed by atoms with Crippen molar-refractivity contribution in [3.63, 3.8) is 0 Å². The molecule has 2 atom stereocenters. The van der Waals surface area contributed by atoms with E-state index in [4.69, 9.17) is 4.74 Å². The number of urea groups is 1. The van der Waals surface area contributed by atoms with Crippen molar-refractivity contribution >= 4 is 31.1 Å². The molecule has 1 aliphatic rings. The fourth-order valence-electron chi connectivity index (χ4n) is 3.40. The Morgan fingerprint density at radius 2 is 2.14 bits per heavy atom. The minimum atomic E-state index is -1.09. The van der Waals surface area contributed by atoms with Crippen LogP contribution in [-0.2, 0) is 11.5 Å². The summed E-state index contributed by atoms with van der Waals surface area (Å²) in [6.07, 6.45) is 5.51. The van der Waals surface area contributed by atoms with Crippen LogP contribution in [0.4, 0.5) is 10.6 Å². The Kier molecular flexibility index (Phi) is 7.26. The van der Waals surface area contributed by atoms with Gasteiger partial charge in [0.1, 0.15) is 12.2 Å². The lowest BCUT2D eigenvalue weighted by Gasteiger charge is -2.22. The topological polar surface area (TPSA) is 93.1 Å². The van der Waals surface area contributed by atoms with Crippen LogP contribution in [0.15, 0.2) is 18.5 Å². The molecule has 9 heteroatoms. The molecular weight excluding hydrogens is 384 g/mol. The Morgan fingerprint density at radius 3 is 2.93 bits per heavy atom. The van der Waals surface area contributed by atoms with Gasteiger partial charge < -0.3 is 19.9 Å². The molecule has 0 aliphatic carbocycles. The molecule has 0 aromatic carbocycles. The molecule has 0 spiro atoms. The number of nitrogens with zero attached hydrogens (tertiary/aromatic N) is 3. The van der Waals surface area contributed by atoms with Crippen LogP contribution in [0.3, 0.4) is 0 Å². The average molecular weight is 419 g/mol.